The molecule has 5 nitrogen and oxygen atoms in total. The van der Waals surface area contributed by atoms with E-state index in [4.69, 9.17) is 11.6 Å². The molecule has 0 bridgehead atoms. The molecule has 0 radical (unpaired) electrons. The molecule has 0 saturated carbocycles. The van der Waals surface area contributed by atoms with Crippen molar-refractivity contribution in [2.24, 2.45) is 0 Å². The number of halogens is 2. The number of fused-ring (bicyclic) bond motifs is 1. The molecule has 0 aliphatic heterocycles. The Bertz CT molecular complexity index is 1280. The van der Waals surface area contributed by atoms with Crippen molar-refractivity contribution in [1.82, 2.24) is 9.97 Å². The molecule has 29 heavy (non-hydrogen) atoms. The molecule has 2 aromatic carbocycles. The van der Waals surface area contributed by atoms with Gasteiger partial charge in [-0.1, -0.05) is 17.7 Å². The normalized spacial score (nSPS) is 11.0. The highest BCUT2D eigenvalue weighted by atomic mass is 35.5. The summed E-state index contributed by atoms with van der Waals surface area (Å²) in [4.78, 5) is 34.3. The summed E-state index contributed by atoms with van der Waals surface area (Å²) in [5, 5.41) is 1.14. The first-order chi connectivity index (χ1) is 13.9. The van der Waals surface area contributed by atoms with Gasteiger partial charge in [-0.25, -0.2) is 9.37 Å². The largest absolute Gasteiger partial charge is 0.322 e. The van der Waals surface area contributed by atoms with Crippen molar-refractivity contribution in [3.8, 4) is 0 Å². The number of carbonyl (C=O) groups excluding carboxylic acids is 1. The summed E-state index contributed by atoms with van der Waals surface area (Å²) in [7, 11) is 0. The van der Waals surface area contributed by atoms with E-state index in [1.54, 1.807) is 47.7 Å². The van der Waals surface area contributed by atoms with E-state index >= 15 is 0 Å². The van der Waals surface area contributed by atoms with Crippen LogP contribution in [0.25, 0.3) is 10.9 Å². The number of carbonyl (C=O) groups is 1. The van der Waals surface area contributed by atoms with Crippen LogP contribution in [0, 0.1) is 12.7 Å². The second-order valence-electron chi connectivity index (χ2n) is 6.49. The molecule has 0 saturated heterocycles. The van der Waals surface area contributed by atoms with Crippen LogP contribution >= 0.6 is 22.9 Å². The lowest BCUT2D eigenvalue weighted by Crippen LogP contribution is -2.31. The number of anilines is 1. The molecule has 0 spiro atoms. The third-order valence-corrected chi connectivity index (χ3v) is 5.68. The van der Waals surface area contributed by atoms with Gasteiger partial charge in [-0.05, 0) is 48.9 Å². The Balaban J connectivity index is 1.85. The smallest absolute Gasteiger partial charge is 0.270 e. The average Bonchev–Trinajstić information content (AvgIpc) is 3.10. The van der Waals surface area contributed by atoms with Crippen molar-refractivity contribution in [3.05, 3.63) is 91.4 Å². The van der Waals surface area contributed by atoms with Crippen LogP contribution in [0.5, 0.6) is 0 Å². The molecule has 8 heteroatoms. The van der Waals surface area contributed by atoms with Gasteiger partial charge in [-0.15, -0.1) is 11.3 Å². The van der Waals surface area contributed by atoms with Gasteiger partial charge in [-0.2, -0.15) is 0 Å². The minimum Gasteiger partial charge on any atom is -0.322 e. The number of H-pyrrole nitrogens is 1. The first-order valence-corrected chi connectivity index (χ1v) is 9.97. The summed E-state index contributed by atoms with van der Waals surface area (Å²) in [6, 6.07) is 12.5. The summed E-state index contributed by atoms with van der Waals surface area (Å²) in [6.45, 7) is 1.88. The highest BCUT2D eigenvalue weighted by Crippen LogP contribution is 2.27. The van der Waals surface area contributed by atoms with Gasteiger partial charge in [0.25, 0.3) is 5.91 Å². The van der Waals surface area contributed by atoms with Crippen molar-refractivity contribution >= 4 is 45.4 Å². The summed E-state index contributed by atoms with van der Waals surface area (Å²) >= 11 is 7.40. The van der Waals surface area contributed by atoms with Crippen LogP contribution in [0.3, 0.4) is 0 Å². The van der Waals surface area contributed by atoms with Crippen LogP contribution in [0.2, 0.25) is 5.02 Å². The predicted octanol–water partition coefficient (Wildman–Crippen LogP) is 4.93. The van der Waals surface area contributed by atoms with Crippen LogP contribution in [0.4, 0.5) is 10.1 Å². The van der Waals surface area contributed by atoms with Crippen LogP contribution in [-0.2, 0) is 6.54 Å². The molecule has 0 unspecified atom stereocenters. The van der Waals surface area contributed by atoms with E-state index in [0.717, 1.165) is 0 Å². The van der Waals surface area contributed by atoms with Crippen LogP contribution in [-0.4, -0.2) is 15.9 Å². The molecular formula is C21H15ClFN3O2S. The van der Waals surface area contributed by atoms with Crippen molar-refractivity contribution < 1.29 is 9.18 Å². The zero-order chi connectivity index (χ0) is 20.5. The minimum atomic E-state index is -0.451. The number of rotatable bonds is 4. The average molecular weight is 428 g/mol. The van der Waals surface area contributed by atoms with E-state index in [0.29, 0.717) is 37.7 Å². The molecule has 0 aliphatic carbocycles. The number of aromatic nitrogens is 2. The number of aryl methyl sites for hydroxylation is 1. The second-order valence-corrected chi connectivity index (χ2v) is 7.78. The summed E-state index contributed by atoms with van der Waals surface area (Å²) in [6.07, 6.45) is 0. The number of hydrogen-bond donors (Lipinski definition) is 1. The Morgan fingerprint density at radius 3 is 2.79 bits per heavy atom. The van der Waals surface area contributed by atoms with E-state index in [2.05, 4.69) is 9.97 Å². The number of pyridine rings is 1. The SMILES string of the molecule is Cc1ncsc1C(=O)N(Cc1cc(=O)[nH]c2cc(F)ccc12)c1cccc(Cl)c1. The molecular weight excluding hydrogens is 413 g/mol. The Morgan fingerprint density at radius 1 is 1.24 bits per heavy atom. The molecule has 4 aromatic rings. The Labute approximate surface area is 174 Å². The number of amides is 1. The highest BCUT2D eigenvalue weighted by Gasteiger charge is 2.23. The van der Waals surface area contributed by atoms with E-state index < -0.39 is 5.82 Å². The zero-order valence-electron chi connectivity index (χ0n) is 15.3. The molecule has 4 rings (SSSR count). The van der Waals surface area contributed by atoms with Gasteiger partial charge < -0.3 is 9.88 Å². The molecule has 2 aromatic heterocycles. The van der Waals surface area contributed by atoms with E-state index in [-0.39, 0.29) is 18.0 Å². The van der Waals surface area contributed by atoms with Gasteiger partial charge in [-0.3, -0.25) is 9.59 Å². The number of nitrogens with zero attached hydrogens (tertiary/aromatic N) is 2. The lowest BCUT2D eigenvalue weighted by molar-refractivity contribution is 0.0988. The molecule has 2 heterocycles. The number of hydrogen-bond acceptors (Lipinski definition) is 4. The third kappa shape index (κ3) is 3.92. The maximum absolute atomic E-state index is 13.6. The van der Waals surface area contributed by atoms with Crippen molar-refractivity contribution in [3.63, 3.8) is 0 Å². The van der Waals surface area contributed by atoms with Gasteiger partial charge in [0.15, 0.2) is 0 Å². The standard InChI is InChI=1S/C21H15ClFN3O2S/c1-12-20(29-11-24-12)21(28)26(16-4-2-3-14(22)8-16)10-13-7-19(27)25-18-9-15(23)5-6-17(13)18/h2-9,11H,10H2,1H3,(H,25,27). The fourth-order valence-corrected chi connectivity index (χ4v) is 4.10. The van der Waals surface area contributed by atoms with E-state index in [1.807, 2.05) is 0 Å². The Kier molecular flexibility index (Phi) is 5.17. The molecule has 1 N–H and O–H groups in total. The molecule has 0 fully saturated rings. The molecule has 146 valence electrons. The van der Waals surface area contributed by atoms with Gasteiger partial charge in [0.05, 0.1) is 23.3 Å². The first-order valence-electron chi connectivity index (χ1n) is 8.71. The molecule has 0 atom stereocenters. The molecule has 1 amide bonds. The fourth-order valence-electron chi connectivity index (χ4n) is 3.16. The van der Waals surface area contributed by atoms with Crippen LogP contribution in [0.15, 0.2) is 58.8 Å². The Hall–Kier alpha value is -3.03. The van der Waals surface area contributed by atoms with Gasteiger partial charge in [0.2, 0.25) is 5.56 Å². The highest BCUT2D eigenvalue weighted by molar-refractivity contribution is 7.12. The minimum absolute atomic E-state index is 0.114. The Morgan fingerprint density at radius 2 is 2.07 bits per heavy atom. The number of nitrogens with one attached hydrogen (secondary N) is 1. The maximum Gasteiger partial charge on any atom is 0.270 e. The van der Waals surface area contributed by atoms with E-state index in [9.17, 15) is 14.0 Å². The summed E-state index contributed by atoms with van der Waals surface area (Å²) in [5.74, 6) is -0.698. The zero-order valence-corrected chi connectivity index (χ0v) is 16.9. The molecule has 0 aliphatic rings. The lowest BCUT2D eigenvalue weighted by atomic mass is 10.1. The lowest BCUT2D eigenvalue weighted by Gasteiger charge is -2.23. The second kappa shape index (κ2) is 7.77. The number of benzene rings is 2. The fraction of sp³-hybridized carbons (Fsp3) is 0.0952. The van der Waals surface area contributed by atoms with Gasteiger partial charge >= 0.3 is 0 Å². The predicted molar refractivity (Wildman–Crippen MR) is 113 cm³/mol. The first kappa shape index (κ1) is 19.3. The topological polar surface area (TPSA) is 66.1 Å². The van der Waals surface area contributed by atoms with Gasteiger partial charge in [0, 0.05) is 22.2 Å². The number of aromatic amines is 1. The van der Waals surface area contributed by atoms with Crippen molar-refractivity contribution in [1.29, 1.82) is 0 Å². The summed E-state index contributed by atoms with van der Waals surface area (Å²) in [5.41, 5.74) is 3.44. The van der Waals surface area contributed by atoms with Gasteiger partial charge in [0.1, 0.15) is 10.7 Å². The summed E-state index contributed by atoms with van der Waals surface area (Å²) < 4.78 is 13.6. The number of thiazole rings is 1. The quantitative estimate of drug-likeness (QED) is 0.502. The van der Waals surface area contributed by atoms with Crippen molar-refractivity contribution in [2.75, 3.05) is 4.90 Å². The third-order valence-electron chi connectivity index (χ3n) is 4.52. The monoisotopic (exact) mass is 427 g/mol. The van der Waals surface area contributed by atoms with Crippen LogP contribution in [0.1, 0.15) is 20.9 Å². The van der Waals surface area contributed by atoms with Crippen LogP contribution < -0.4 is 10.5 Å². The van der Waals surface area contributed by atoms with Crippen molar-refractivity contribution in [2.45, 2.75) is 13.5 Å². The maximum atomic E-state index is 13.6. The van der Waals surface area contributed by atoms with E-state index in [1.165, 1.54) is 29.5 Å².